The molecule has 7 heteroatoms. The molecule has 1 aromatic rings. The highest BCUT2D eigenvalue weighted by molar-refractivity contribution is 7.17. The van der Waals surface area contributed by atoms with Gasteiger partial charge in [-0.25, -0.2) is 4.79 Å². The maximum atomic E-state index is 13.3. The molecule has 2 N–H and O–H groups in total. The number of ether oxygens (including phenoxy) is 1. The molecule has 1 heterocycles. The van der Waals surface area contributed by atoms with Crippen molar-refractivity contribution in [3.05, 3.63) is 16.0 Å². The topological polar surface area (TPSA) is 92.7 Å². The summed E-state index contributed by atoms with van der Waals surface area (Å²) < 4.78 is 5.46. The lowest BCUT2D eigenvalue weighted by Gasteiger charge is -2.45. The summed E-state index contributed by atoms with van der Waals surface area (Å²) in [6.07, 6.45) is 7.19. The molecule has 0 spiro atoms. The molecule has 1 amide bonds. The average Bonchev–Trinajstić information content (AvgIpc) is 3.05. The molecule has 0 aliphatic heterocycles. The molecular formula is C22H29NO5S. The second-order valence-electron chi connectivity index (χ2n) is 8.92. The molecule has 4 aliphatic carbocycles. The number of hydrogen-bond donors (Lipinski definition) is 2. The first-order valence-corrected chi connectivity index (χ1v) is 11.6. The van der Waals surface area contributed by atoms with E-state index in [1.54, 1.807) is 0 Å². The number of carboxylic acids is 1. The average molecular weight is 420 g/mol. The van der Waals surface area contributed by atoms with Gasteiger partial charge in [0.1, 0.15) is 5.00 Å². The van der Waals surface area contributed by atoms with Crippen molar-refractivity contribution in [3.8, 4) is 0 Å². The number of rotatable bonds is 5. The van der Waals surface area contributed by atoms with Crippen molar-refractivity contribution < 1.29 is 24.2 Å². The van der Waals surface area contributed by atoms with Crippen molar-refractivity contribution in [1.82, 2.24) is 0 Å². The molecule has 4 aliphatic rings. The second-order valence-corrected chi connectivity index (χ2v) is 10.0. The Morgan fingerprint density at radius 1 is 1.03 bits per heavy atom. The number of aliphatic carboxylic acids is 1. The van der Waals surface area contributed by atoms with Crippen molar-refractivity contribution in [2.45, 2.75) is 71.3 Å². The summed E-state index contributed by atoms with van der Waals surface area (Å²) in [4.78, 5) is 39.1. The monoisotopic (exact) mass is 419 g/mol. The van der Waals surface area contributed by atoms with Crippen LogP contribution in [0.25, 0.3) is 0 Å². The van der Waals surface area contributed by atoms with Crippen LogP contribution in [0.4, 0.5) is 5.00 Å². The van der Waals surface area contributed by atoms with Gasteiger partial charge in [-0.3, -0.25) is 9.59 Å². The Labute approximate surface area is 175 Å². The van der Waals surface area contributed by atoms with Crippen LogP contribution in [0.15, 0.2) is 0 Å². The Balaban J connectivity index is 1.63. The highest BCUT2D eigenvalue weighted by Gasteiger charge is 2.50. The summed E-state index contributed by atoms with van der Waals surface area (Å²) in [5.41, 5.74) is 1.49. The first-order chi connectivity index (χ1) is 13.9. The Hall–Kier alpha value is -1.89. The third-order valence-electron chi connectivity index (χ3n) is 6.76. The normalized spacial score (nSPS) is 28.1. The first kappa shape index (κ1) is 20.4. The predicted octanol–water partition coefficient (Wildman–Crippen LogP) is 4.27. The van der Waals surface area contributed by atoms with Crippen molar-refractivity contribution in [2.24, 2.45) is 23.7 Å². The number of esters is 1. The number of carbonyl (C=O) groups excluding carboxylic acids is 2. The summed E-state index contributed by atoms with van der Waals surface area (Å²) in [5.74, 6) is -2.46. The van der Waals surface area contributed by atoms with Crippen molar-refractivity contribution in [3.63, 3.8) is 0 Å². The largest absolute Gasteiger partial charge is 0.481 e. The fourth-order valence-corrected chi connectivity index (χ4v) is 6.80. The Kier molecular flexibility index (Phi) is 5.69. The van der Waals surface area contributed by atoms with E-state index < -0.39 is 23.8 Å². The molecule has 0 saturated heterocycles. The van der Waals surface area contributed by atoms with Gasteiger partial charge < -0.3 is 15.2 Å². The van der Waals surface area contributed by atoms with Crippen LogP contribution in [0.2, 0.25) is 0 Å². The van der Waals surface area contributed by atoms with Gasteiger partial charge in [0.2, 0.25) is 5.91 Å². The number of carboxylic acid groups (broad SMARTS) is 1. The lowest BCUT2D eigenvalue weighted by molar-refractivity contribution is -0.156. The number of carbonyl (C=O) groups is 3. The highest BCUT2D eigenvalue weighted by Crippen LogP contribution is 2.50. The molecule has 5 rings (SSSR count). The van der Waals surface area contributed by atoms with E-state index in [-0.39, 0.29) is 23.8 Å². The molecular weight excluding hydrogens is 390 g/mol. The van der Waals surface area contributed by atoms with Gasteiger partial charge in [-0.1, -0.05) is 0 Å². The van der Waals surface area contributed by atoms with Crippen LogP contribution in [0.3, 0.4) is 0 Å². The fourth-order valence-electron chi connectivity index (χ4n) is 5.52. The van der Waals surface area contributed by atoms with Crippen molar-refractivity contribution >= 4 is 34.2 Å². The predicted molar refractivity (Wildman–Crippen MR) is 110 cm³/mol. The van der Waals surface area contributed by atoms with E-state index in [0.29, 0.717) is 10.6 Å². The van der Waals surface area contributed by atoms with E-state index in [0.717, 1.165) is 61.8 Å². The van der Waals surface area contributed by atoms with Gasteiger partial charge in [-0.05, 0) is 82.6 Å². The van der Waals surface area contributed by atoms with Gasteiger partial charge in [0.05, 0.1) is 23.5 Å². The molecule has 0 unspecified atom stereocenters. The molecule has 29 heavy (non-hydrogen) atoms. The number of thiophene rings is 1. The van der Waals surface area contributed by atoms with Crippen LogP contribution >= 0.6 is 11.3 Å². The molecule has 3 saturated carbocycles. The summed E-state index contributed by atoms with van der Waals surface area (Å²) in [7, 11) is 0. The number of aryl methyl sites for hydroxylation is 1. The maximum absolute atomic E-state index is 13.3. The number of nitrogens with one attached hydrogen (secondary N) is 1. The fraction of sp³-hybridized carbons (Fsp3) is 0.682. The van der Waals surface area contributed by atoms with Crippen LogP contribution in [-0.4, -0.2) is 29.1 Å². The zero-order valence-electron chi connectivity index (χ0n) is 17.0. The summed E-state index contributed by atoms with van der Waals surface area (Å²) in [5, 5.41) is 13.3. The van der Waals surface area contributed by atoms with E-state index >= 15 is 0 Å². The minimum Gasteiger partial charge on any atom is -0.481 e. The Morgan fingerprint density at radius 2 is 1.66 bits per heavy atom. The molecule has 158 valence electrons. The number of fused-ring (bicyclic) bond motifs is 4. The van der Waals surface area contributed by atoms with E-state index in [1.165, 1.54) is 11.3 Å². The van der Waals surface area contributed by atoms with Crippen LogP contribution in [-0.2, 0) is 27.2 Å². The lowest BCUT2D eigenvalue weighted by Crippen LogP contribution is -2.49. The molecule has 0 aromatic carbocycles. The van der Waals surface area contributed by atoms with Gasteiger partial charge in [0, 0.05) is 4.88 Å². The zero-order valence-corrected chi connectivity index (χ0v) is 17.8. The highest BCUT2D eigenvalue weighted by atomic mass is 32.1. The summed E-state index contributed by atoms with van der Waals surface area (Å²) in [6.45, 7) is 3.62. The van der Waals surface area contributed by atoms with E-state index in [2.05, 4.69) is 5.32 Å². The maximum Gasteiger partial charge on any atom is 0.341 e. The third kappa shape index (κ3) is 3.81. The molecule has 6 nitrogen and oxygen atoms in total. The van der Waals surface area contributed by atoms with Gasteiger partial charge >= 0.3 is 11.9 Å². The molecule has 2 atom stereocenters. The summed E-state index contributed by atoms with van der Waals surface area (Å²) in [6, 6.07) is 0. The Morgan fingerprint density at radius 3 is 2.28 bits per heavy atom. The van der Waals surface area contributed by atoms with Gasteiger partial charge in [0.15, 0.2) is 0 Å². The molecule has 2 bridgehead atoms. The van der Waals surface area contributed by atoms with Crippen LogP contribution in [0.5, 0.6) is 0 Å². The minimum absolute atomic E-state index is 0.0789. The minimum atomic E-state index is -0.871. The van der Waals surface area contributed by atoms with Crippen molar-refractivity contribution in [2.75, 3.05) is 5.32 Å². The van der Waals surface area contributed by atoms with E-state index in [4.69, 9.17) is 4.74 Å². The zero-order chi connectivity index (χ0) is 20.7. The number of anilines is 1. The third-order valence-corrected chi connectivity index (χ3v) is 7.97. The number of hydrogen-bond acceptors (Lipinski definition) is 5. The quantitative estimate of drug-likeness (QED) is 0.696. The van der Waals surface area contributed by atoms with Crippen LogP contribution in [0.1, 0.15) is 73.2 Å². The molecule has 3 fully saturated rings. The van der Waals surface area contributed by atoms with Crippen LogP contribution in [0, 0.1) is 23.7 Å². The van der Waals surface area contributed by atoms with Gasteiger partial charge in [0.25, 0.3) is 0 Å². The number of amides is 1. The van der Waals surface area contributed by atoms with Gasteiger partial charge in [-0.2, -0.15) is 0 Å². The first-order valence-electron chi connectivity index (χ1n) is 10.8. The van der Waals surface area contributed by atoms with Gasteiger partial charge in [-0.15, -0.1) is 11.3 Å². The SMILES string of the molecule is CC(C)OC(=O)c1c(NC(=O)[C@H]2C3CCC(CC3)[C@@H]2C(=O)O)sc2c1CCCC2. The van der Waals surface area contributed by atoms with E-state index in [9.17, 15) is 19.5 Å². The van der Waals surface area contributed by atoms with E-state index in [1.807, 2.05) is 13.8 Å². The standard InChI is InChI=1S/C22H29NO5S/c1-11(2)28-22(27)18-14-5-3-4-6-15(14)29-20(18)23-19(24)16-12-7-9-13(10-8-12)17(16)21(25)26/h11-13,16-17H,3-10H2,1-2H3,(H,23,24)(H,25,26)/t12?,13?,16-,17-/m0/s1. The summed E-state index contributed by atoms with van der Waals surface area (Å²) >= 11 is 1.46. The lowest BCUT2D eigenvalue weighted by atomic mass is 9.58. The molecule has 0 radical (unpaired) electrons. The van der Waals surface area contributed by atoms with Crippen LogP contribution < -0.4 is 5.32 Å². The smallest absolute Gasteiger partial charge is 0.341 e. The Bertz CT molecular complexity index is 821. The molecule has 1 aromatic heterocycles. The van der Waals surface area contributed by atoms with Crippen molar-refractivity contribution in [1.29, 1.82) is 0 Å². The second kappa shape index (κ2) is 8.09.